The highest BCUT2D eigenvalue weighted by Gasteiger charge is 2.12. The van der Waals surface area contributed by atoms with Crippen molar-refractivity contribution in [3.63, 3.8) is 0 Å². The molecule has 0 saturated heterocycles. The zero-order valence-corrected chi connectivity index (χ0v) is 18.0. The number of aryl methyl sites for hydroxylation is 1. The molecule has 0 amide bonds. The van der Waals surface area contributed by atoms with Gasteiger partial charge in [0.15, 0.2) is 0 Å². The maximum absolute atomic E-state index is 11.9. The second-order valence-electron chi connectivity index (χ2n) is 7.32. The number of nitrogens with one attached hydrogen (secondary N) is 1. The van der Waals surface area contributed by atoms with Crippen molar-refractivity contribution >= 4 is 27.9 Å². The van der Waals surface area contributed by atoms with Crippen molar-refractivity contribution in [1.29, 1.82) is 0 Å². The van der Waals surface area contributed by atoms with E-state index < -0.39 is 0 Å². The Hall–Kier alpha value is -3.80. The topological polar surface area (TPSA) is 77.0 Å². The van der Waals surface area contributed by atoms with E-state index in [0.717, 1.165) is 33.0 Å². The van der Waals surface area contributed by atoms with Gasteiger partial charge in [0.1, 0.15) is 11.2 Å². The lowest BCUT2D eigenvalue weighted by atomic mass is 10.0. The van der Waals surface area contributed by atoms with Crippen LogP contribution < -0.4 is 11.0 Å². The number of carbonyl (C=O) groups is 1. The summed E-state index contributed by atoms with van der Waals surface area (Å²) in [4.78, 5) is 11.9. The molecule has 6 heteroatoms. The van der Waals surface area contributed by atoms with Gasteiger partial charge in [-0.1, -0.05) is 30.3 Å². The van der Waals surface area contributed by atoms with Crippen LogP contribution >= 0.6 is 0 Å². The zero-order valence-electron chi connectivity index (χ0n) is 18.0. The molecule has 0 radical (unpaired) electrons. The number of ether oxygens (including phenoxy) is 1. The number of rotatable bonds is 5. The number of fused-ring (bicyclic) bond motifs is 2. The van der Waals surface area contributed by atoms with E-state index in [1.54, 1.807) is 27.0 Å². The first kappa shape index (κ1) is 20.5. The molecule has 0 bridgehead atoms. The van der Waals surface area contributed by atoms with E-state index >= 15 is 0 Å². The van der Waals surface area contributed by atoms with Gasteiger partial charge in [-0.05, 0) is 50.5 Å². The minimum absolute atomic E-state index is 0.321. The highest BCUT2D eigenvalue weighted by molar-refractivity contribution is 6.01. The number of nitrogens with zero attached hydrogens (tertiary/aromatic N) is 1. The predicted octanol–water partition coefficient (Wildman–Crippen LogP) is 5.42. The molecule has 4 rings (SSSR count). The summed E-state index contributed by atoms with van der Waals surface area (Å²) in [7, 11) is 0. The van der Waals surface area contributed by atoms with E-state index in [-0.39, 0.29) is 5.97 Å². The summed E-state index contributed by atoms with van der Waals surface area (Å²) in [6.45, 7) is 7.57. The quantitative estimate of drug-likeness (QED) is 0.267. The summed E-state index contributed by atoms with van der Waals surface area (Å²) >= 11 is 0. The van der Waals surface area contributed by atoms with Crippen molar-refractivity contribution in [2.75, 3.05) is 6.61 Å². The van der Waals surface area contributed by atoms with Crippen LogP contribution in [0.2, 0.25) is 0 Å². The van der Waals surface area contributed by atoms with Gasteiger partial charge in [-0.15, -0.1) is 5.10 Å². The lowest BCUT2D eigenvalue weighted by Crippen LogP contribution is -2.16. The molecule has 0 aliphatic rings. The molecule has 0 spiro atoms. The van der Waals surface area contributed by atoms with Crippen LogP contribution in [0.1, 0.15) is 26.3 Å². The average molecular weight is 416 g/mol. The first-order valence-corrected chi connectivity index (χ1v) is 10.1. The van der Waals surface area contributed by atoms with Gasteiger partial charge in [0.25, 0.3) is 0 Å². The molecule has 31 heavy (non-hydrogen) atoms. The number of esters is 1. The monoisotopic (exact) mass is 416 g/mol. The second-order valence-corrected chi connectivity index (χ2v) is 7.32. The number of hydrogen-bond acceptors (Lipinski definition) is 6. The van der Waals surface area contributed by atoms with Crippen LogP contribution in [0.15, 0.2) is 80.0 Å². The molecule has 2 aromatic carbocycles. The molecule has 0 unspecified atom stereocenters. The largest absolute Gasteiger partial charge is 0.464 e. The van der Waals surface area contributed by atoms with Crippen LogP contribution in [-0.4, -0.2) is 12.6 Å². The maximum atomic E-state index is 11.9. The molecular weight excluding hydrogens is 392 g/mol. The molecule has 2 heterocycles. The highest BCUT2D eigenvalue weighted by atomic mass is 16.5. The number of carbonyl (C=O) groups excluding carboxylic acids is 1. The third-order valence-corrected chi connectivity index (χ3v) is 5.20. The standard InChI is InChI=1S/C25H24N2O4/c1-5-29-25(28)16(3)17(4)26-27-24-12-20(18-9-7-6-8-10-18)21-11-19-15(2)14-30-22(19)13-23(21)31-24/h6-14,26H,5H2,1-4H3/b17-16+,27-24-. The Kier molecular flexibility index (Phi) is 5.62. The first-order chi connectivity index (χ1) is 15.0. The lowest BCUT2D eigenvalue weighted by Gasteiger charge is -2.08. The van der Waals surface area contributed by atoms with E-state index in [4.69, 9.17) is 13.6 Å². The fraction of sp³-hybridized carbons (Fsp3) is 0.200. The van der Waals surface area contributed by atoms with E-state index in [2.05, 4.69) is 28.7 Å². The summed E-state index contributed by atoms with van der Waals surface area (Å²) in [5.41, 5.74) is 8.87. The van der Waals surface area contributed by atoms with Gasteiger partial charge in [0, 0.05) is 28.6 Å². The molecule has 0 saturated carbocycles. The van der Waals surface area contributed by atoms with Gasteiger partial charge in [-0.2, -0.15) is 0 Å². The Morgan fingerprint density at radius 2 is 1.84 bits per heavy atom. The number of allylic oxidation sites excluding steroid dienone is 1. The molecule has 4 aromatic rings. The van der Waals surface area contributed by atoms with Crippen LogP contribution in [-0.2, 0) is 9.53 Å². The minimum atomic E-state index is -0.376. The lowest BCUT2D eigenvalue weighted by molar-refractivity contribution is -0.138. The Morgan fingerprint density at radius 1 is 1.06 bits per heavy atom. The molecule has 158 valence electrons. The molecule has 0 aliphatic heterocycles. The Balaban J connectivity index is 1.87. The average Bonchev–Trinajstić information content (AvgIpc) is 3.15. The van der Waals surface area contributed by atoms with Crippen molar-refractivity contribution in [2.45, 2.75) is 27.7 Å². The van der Waals surface area contributed by atoms with Crippen LogP contribution in [0.5, 0.6) is 0 Å². The molecule has 6 nitrogen and oxygen atoms in total. The zero-order chi connectivity index (χ0) is 22.0. The van der Waals surface area contributed by atoms with Gasteiger partial charge in [0.05, 0.1) is 18.4 Å². The molecule has 1 N–H and O–H groups in total. The van der Waals surface area contributed by atoms with Crippen LogP contribution in [0.4, 0.5) is 0 Å². The van der Waals surface area contributed by atoms with Crippen LogP contribution in [0.25, 0.3) is 33.1 Å². The molecular formula is C25H24N2O4. The fourth-order valence-corrected chi connectivity index (χ4v) is 3.35. The van der Waals surface area contributed by atoms with Gasteiger partial charge < -0.3 is 13.6 Å². The predicted molar refractivity (Wildman–Crippen MR) is 120 cm³/mol. The second kappa shape index (κ2) is 8.52. The highest BCUT2D eigenvalue weighted by Crippen LogP contribution is 2.32. The molecule has 0 aliphatic carbocycles. The number of benzene rings is 2. The summed E-state index contributed by atoms with van der Waals surface area (Å²) in [5, 5.41) is 6.40. The van der Waals surface area contributed by atoms with Crippen molar-refractivity contribution < 1.29 is 18.4 Å². The maximum Gasteiger partial charge on any atom is 0.335 e. The van der Waals surface area contributed by atoms with Crippen molar-refractivity contribution in [3.8, 4) is 11.1 Å². The normalized spacial score (nSPS) is 12.8. The van der Waals surface area contributed by atoms with E-state index in [1.807, 2.05) is 37.3 Å². The Morgan fingerprint density at radius 3 is 2.58 bits per heavy atom. The smallest absolute Gasteiger partial charge is 0.335 e. The number of furan rings is 1. The Bertz CT molecular complexity index is 1360. The summed E-state index contributed by atoms with van der Waals surface area (Å²) in [5.74, 6) is -0.376. The third kappa shape index (κ3) is 4.10. The van der Waals surface area contributed by atoms with Crippen molar-refractivity contribution in [3.05, 3.63) is 77.2 Å². The summed E-state index contributed by atoms with van der Waals surface area (Å²) in [6, 6.07) is 15.9. The first-order valence-electron chi connectivity index (χ1n) is 10.1. The van der Waals surface area contributed by atoms with Gasteiger partial charge in [-0.3, -0.25) is 5.43 Å². The molecule has 0 atom stereocenters. The molecule has 0 fully saturated rings. The molecule has 2 aromatic heterocycles. The van der Waals surface area contributed by atoms with E-state index in [9.17, 15) is 4.79 Å². The minimum Gasteiger partial charge on any atom is -0.464 e. The van der Waals surface area contributed by atoms with E-state index in [1.165, 1.54) is 0 Å². The van der Waals surface area contributed by atoms with E-state index in [0.29, 0.717) is 29.0 Å². The number of hydrogen-bond donors (Lipinski definition) is 1. The van der Waals surface area contributed by atoms with Crippen molar-refractivity contribution in [2.24, 2.45) is 5.10 Å². The fourth-order valence-electron chi connectivity index (χ4n) is 3.35. The van der Waals surface area contributed by atoms with Gasteiger partial charge in [0.2, 0.25) is 5.55 Å². The Labute approximate surface area is 179 Å². The SMILES string of the molecule is CCOC(=O)/C(C)=C(\C)N/N=c1/cc(-c2ccccc2)c2cc3c(C)coc3cc2o1. The van der Waals surface area contributed by atoms with Gasteiger partial charge in [-0.25, -0.2) is 4.79 Å². The summed E-state index contributed by atoms with van der Waals surface area (Å²) < 4.78 is 16.7. The third-order valence-electron chi connectivity index (χ3n) is 5.20. The van der Waals surface area contributed by atoms with Crippen LogP contribution in [0, 0.1) is 6.92 Å². The van der Waals surface area contributed by atoms with Gasteiger partial charge >= 0.3 is 5.97 Å². The summed E-state index contributed by atoms with van der Waals surface area (Å²) in [6.07, 6.45) is 1.74. The van der Waals surface area contributed by atoms with Crippen molar-refractivity contribution in [1.82, 2.24) is 5.43 Å². The van der Waals surface area contributed by atoms with Crippen LogP contribution in [0.3, 0.4) is 0 Å².